The molecule has 7 heteroatoms. The normalized spacial score (nSPS) is 15.2. The third-order valence-corrected chi connectivity index (χ3v) is 7.60. The van der Waals surface area contributed by atoms with E-state index in [0.29, 0.717) is 11.4 Å². The van der Waals surface area contributed by atoms with Crippen molar-refractivity contribution < 1.29 is 14.3 Å². The van der Waals surface area contributed by atoms with Crippen LogP contribution < -0.4 is 15.0 Å². The van der Waals surface area contributed by atoms with Crippen LogP contribution >= 0.6 is 22.7 Å². The molecule has 0 aliphatic heterocycles. The zero-order chi connectivity index (χ0) is 22.3. The molecule has 32 heavy (non-hydrogen) atoms. The number of ether oxygens (including phenoxy) is 1. The molecular formula is C25H28N2O3S2. The SMILES string of the molecule is COc1ccc(N(C(=O)Cc2cccs2)[C@@H](C(=O)NC2CCCCC2)c2cccs2)cc1. The van der Waals surface area contributed by atoms with E-state index < -0.39 is 6.04 Å². The summed E-state index contributed by atoms with van der Waals surface area (Å²) in [5, 5.41) is 7.16. The van der Waals surface area contributed by atoms with E-state index in [0.717, 1.165) is 35.4 Å². The van der Waals surface area contributed by atoms with Crippen LogP contribution in [0, 0.1) is 0 Å². The Morgan fingerprint density at radius 1 is 1.03 bits per heavy atom. The third-order valence-electron chi connectivity index (χ3n) is 5.80. The van der Waals surface area contributed by atoms with Crippen LogP contribution in [-0.4, -0.2) is 25.0 Å². The van der Waals surface area contributed by atoms with Crippen LogP contribution in [0.2, 0.25) is 0 Å². The predicted molar refractivity (Wildman–Crippen MR) is 131 cm³/mol. The van der Waals surface area contributed by atoms with Gasteiger partial charge >= 0.3 is 0 Å². The first-order valence-electron chi connectivity index (χ1n) is 11.0. The van der Waals surface area contributed by atoms with Gasteiger partial charge in [0.15, 0.2) is 0 Å². The molecule has 168 valence electrons. The first kappa shape index (κ1) is 22.6. The van der Waals surface area contributed by atoms with E-state index in [4.69, 9.17) is 4.74 Å². The van der Waals surface area contributed by atoms with Crippen molar-refractivity contribution in [3.8, 4) is 5.75 Å². The van der Waals surface area contributed by atoms with Gasteiger partial charge in [0.25, 0.3) is 0 Å². The second-order valence-electron chi connectivity index (χ2n) is 7.98. The zero-order valence-electron chi connectivity index (χ0n) is 18.2. The van der Waals surface area contributed by atoms with E-state index in [1.165, 1.54) is 17.8 Å². The topological polar surface area (TPSA) is 58.6 Å². The van der Waals surface area contributed by atoms with Crippen LogP contribution in [0.25, 0.3) is 0 Å². The highest BCUT2D eigenvalue weighted by atomic mass is 32.1. The van der Waals surface area contributed by atoms with E-state index in [1.807, 2.05) is 59.3 Å². The highest BCUT2D eigenvalue weighted by Crippen LogP contribution is 2.33. The van der Waals surface area contributed by atoms with Crippen LogP contribution in [-0.2, 0) is 16.0 Å². The van der Waals surface area contributed by atoms with E-state index in [-0.39, 0.29) is 24.3 Å². The lowest BCUT2D eigenvalue weighted by Crippen LogP contribution is -2.47. The molecule has 5 nitrogen and oxygen atoms in total. The highest BCUT2D eigenvalue weighted by molar-refractivity contribution is 7.10. The Morgan fingerprint density at radius 3 is 2.38 bits per heavy atom. The smallest absolute Gasteiger partial charge is 0.248 e. The molecular weight excluding hydrogens is 440 g/mol. The second kappa shape index (κ2) is 10.8. The molecule has 2 aromatic heterocycles. The number of nitrogens with zero attached hydrogens (tertiary/aromatic N) is 1. The van der Waals surface area contributed by atoms with Gasteiger partial charge in [0, 0.05) is 21.5 Å². The zero-order valence-corrected chi connectivity index (χ0v) is 19.8. The fourth-order valence-electron chi connectivity index (χ4n) is 4.17. The monoisotopic (exact) mass is 468 g/mol. The Morgan fingerprint density at radius 2 is 1.75 bits per heavy atom. The van der Waals surface area contributed by atoms with E-state index in [2.05, 4.69) is 5.32 Å². The Kier molecular flexibility index (Phi) is 7.60. The molecule has 0 saturated heterocycles. The number of carbonyl (C=O) groups excluding carboxylic acids is 2. The Balaban J connectivity index is 1.69. The number of benzene rings is 1. The summed E-state index contributed by atoms with van der Waals surface area (Å²) in [6.45, 7) is 0. The van der Waals surface area contributed by atoms with Gasteiger partial charge in [-0.2, -0.15) is 0 Å². The first-order chi connectivity index (χ1) is 15.7. The molecule has 2 amide bonds. The maximum Gasteiger partial charge on any atom is 0.248 e. The molecule has 3 aromatic rings. The van der Waals surface area contributed by atoms with Crippen molar-refractivity contribution in [3.63, 3.8) is 0 Å². The van der Waals surface area contributed by atoms with E-state index in [9.17, 15) is 9.59 Å². The number of amides is 2. The van der Waals surface area contributed by atoms with E-state index >= 15 is 0 Å². The van der Waals surface area contributed by atoms with Crippen LogP contribution in [0.15, 0.2) is 59.3 Å². The fourth-order valence-corrected chi connectivity index (χ4v) is 5.68. The fraction of sp³-hybridized carbons (Fsp3) is 0.360. The molecule has 1 fully saturated rings. The molecule has 1 aromatic carbocycles. The number of thiophene rings is 2. The van der Waals surface area contributed by atoms with Crippen molar-refractivity contribution >= 4 is 40.2 Å². The second-order valence-corrected chi connectivity index (χ2v) is 9.99. The molecule has 2 heterocycles. The van der Waals surface area contributed by atoms with Gasteiger partial charge in [-0.3, -0.25) is 14.5 Å². The van der Waals surface area contributed by atoms with Gasteiger partial charge in [-0.25, -0.2) is 0 Å². The van der Waals surface area contributed by atoms with Crippen LogP contribution in [0.5, 0.6) is 5.75 Å². The maximum absolute atomic E-state index is 13.6. The lowest BCUT2D eigenvalue weighted by atomic mass is 9.95. The summed E-state index contributed by atoms with van der Waals surface area (Å²) in [7, 11) is 1.61. The van der Waals surface area contributed by atoms with Crippen molar-refractivity contribution in [2.45, 2.75) is 50.6 Å². The Hall–Kier alpha value is -2.64. The molecule has 4 rings (SSSR count). The summed E-state index contributed by atoms with van der Waals surface area (Å²) in [5.74, 6) is 0.489. The van der Waals surface area contributed by atoms with Gasteiger partial charge in [-0.05, 0) is 60.0 Å². The number of rotatable bonds is 8. The maximum atomic E-state index is 13.6. The molecule has 0 radical (unpaired) electrons. The summed E-state index contributed by atoms with van der Waals surface area (Å²) in [5.41, 5.74) is 0.685. The number of carbonyl (C=O) groups is 2. The van der Waals surface area contributed by atoms with Gasteiger partial charge in [0.2, 0.25) is 11.8 Å². The van der Waals surface area contributed by atoms with Gasteiger partial charge < -0.3 is 10.1 Å². The number of anilines is 1. The number of hydrogen-bond acceptors (Lipinski definition) is 5. The van der Waals surface area contributed by atoms with E-state index in [1.54, 1.807) is 23.3 Å². The summed E-state index contributed by atoms with van der Waals surface area (Å²) >= 11 is 3.05. The molecule has 1 atom stereocenters. The van der Waals surface area contributed by atoms with Crippen LogP contribution in [0.4, 0.5) is 5.69 Å². The summed E-state index contributed by atoms with van der Waals surface area (Å²) in [6.07, 6.45) is 5.73. The summed E-state index contributed by atoms with van der Waals surface area (Å²) < 4.78 is 5.30. The molecule has 0 spiro atoms. The largest absolute Gasteiger partial charge is 0.497 e. The van der Waals surface area contributed by atoms with Gasteiger partial charge in [-0.1, -0.05) is 31.4 Å². The lowest BCUT2D eigenvalue weighted by Gasteiger charge is -2.32. The van der Waals surface area contributed by atoms with Crippen molar-refractivity contribution in [3.05, 3.63) is 69.0 Å². The third kappa shape index (κ3) is 5.40. The standard InChI is InChI=1S/C25H28N2O3S2/c1-30-20-13-11-19(12-14-20)27(23(28)17-21-9-5-15-31-21)24(22-10-6-16-32-22)25(29)26-18-7-3-2-4-8-18/h5-6,9-16,18,24H,2-4,7-8,17H2,1H3,(H,26,29)/t24-/m1/s1. The molecule has 0 unspecified atom stereocenters. The molecule has 1 aliphatic carbocycles. The number of hydrogen-bond donors (Lipinski definition) is 1. The molecule has 1 saturated carbocycles. The van der Waals surface area contributed by atoms with Crippen molar-refractivity contribution in [1.82, 2.24) is 5.32 Å². The average molecular weight is 469 g/mol. The lowest BCUT2D eigenvalue weighted by molar-refractivity contribution is -0.127. The minimum atomic E-state index is -0.710. The predicted octanol–water partition coefficient (Wildman–Crippen LogP) is 5.58. The Bertz CT molecular complexity index is 995. The van der Waals surface area contributed by atoms with Crippen LogP contribution in [0.1, 0.15) is 47.9 Å². The minimum absolute atomic E-state index is 0.102. The Labute approximate surface area is 197 Å². The first-order valence-corrected chi connectivity index (χ1v) is 12.7. The molecule has 1 N–H and O–H groups in total. The number of nitrogens with one attached hydrogen (secondary N) is 1. The summed E-state index contributed by atoms with van der Waals surface area (Å²) in [6, 6.07) is 14.6. The van der Waals surface area contributed by atoms with Crippen molar-refractivity contribution in [1.29, 1.82) is 0 Å². The number of methoxy groups -OCH3 is 1. The van der Waals surface area contributed by atoms with Gasteiger partial charge in [-0.15, -0.1) is 22.7 Å². The molecule has 0 bridgehead atoms. The summed E-state index contributed by atoms with van der Waals surface area (Å²) in [4.78, 5) is 30.7. The minimum Gasteiger partial charge on any atom is -0.497 e. The van der Waals surface area contributed by atoms with Crippen LogP contribution in [0.3, 0.4) is 0 Å². The van der Waals surface area contributed by atoms with Gasteiger partial charge in [0.1, 0.15) is 11.8 Å². The molecule has 1 aliphatic rings. The van der Waals surface area contributed by atoms with Crippen molar-refractivity contribution in [2.75, 3.05) is 12.0 Å². The van der Waals surface area contributed by atoms with Gasteiger partial charge in [0.05, 0.1) is 13.5 Å². The average Bonchev–Trinajstić information content (AvgIpc) is 3.52. The quantitative estimate of drug-likeness (QED) is 0.469. The van der Waals surface area contributed by atoms with Crippen molar-refractivity contribution in [2.24, 2.45) is 0 Å². The highest BCUT2D eigenvalue weighted by Gasteiger charge is 2.34.